The predicted molar refractivity (Wildman–Crippen MR) is 86.7 cm³/mol. The Hall–Kier alpha value is -0.580. The molecule has 2 heterocycles. The molecular formula is C16H27ClN4. The highest BCUT2D eigenvalue weighted by molar-refractivity contribution is 6.31. The molecule has 5 heteroatoms. The zero-order valence-corrected chi connectivity index (χ0v) is 14.0. The zero-order chi connectivity index (χ0) is 14.9. The summed E-state index contributed by atoms with van der Waals surface area (Å²) in [6.07, 6.45) is 7.64. The second-order valence-corrected chi connectivity index (χ2v) is 6.95. The monoisotopic (exact) mass is 310 g/mol. The number of aryl methyl sites for hydroxylation is 2. The lowest BCUT2D eigenvalue weighted by Gasteiger charge is -2.50. The lowest BCUT2D eigenvalue weighted by Crippen LogP contribution is -2.61. The van der Waals surface area contributed by atoms with E-state index in [4.69, 9.17) is 11.6 Å². The van der Waals surface area contributed by atoms with Gasteiger partial charge in [0.15, 0.2) is 0 Å². The molecule has 2 aliphatic rings. The Kier molecular flexibility index (Phi) is 4.57. The molecule has 2 fully saturated rings. The standard InChI is InChI=1S/C16H27ClN4/c1-3-13-15(17)14(20(2)19-13)11-21-10-9-18-12-16(21)7-5-4-6-8-16/h18H,3-12H2,1-2H3. The Bertz CT molecular complexity index is 482. The topological polar surface area (TPSA) is 33.1 Å². The Labute approximate surface area is 132 Å². The van der Waals surface area contributed by atoms with Crippen LogP contribution in [-0.2, 0) is 20.0 Å². The summed E-state index contributed by atoms with van der Waals surface area (Å²) in [5.41, 5.74) is 2.55. The molecule has 3 rings (SSSR count). The first-order valence-corrected chi connectivity index (χ1v) is 8.70. The zero-order valence-electron chi connectivity index (χ0n) is 13.3. The normalized spacial score (nSPS) is 22.8. The first-order valence-electron chi connectivity index (χ1n) is 8.32. The molecule has 4 nitrogen and oxygen atoms in total. The van der Waals surface area contributed by atoms with Crippen molar-refractivity contribution in [3.63, 3.8) is 0 Å². The van der Waals surface area contributed by atoms with Gasteiger partial charge in [-0.3, -0.25) is 9.58 Å². The highest BCUT2D eigenvalue weighted by Crippen LogP contribution is 2.36. The van der Waals surface area contributed by atoms with Gasteiger partial charge in [-0.2, -0.15) is 5.10 Å². The molecule has 1 saturated carbocycles. The van der Waals surface area contributed by atoms with Gasteiger partial charge in [-0.05, 0) is 19.3 Å². The minimum absolute atomic E-state index is 0.344. The molecule has 0 unspecified atom stereocenters. The number of aromatic nitrogens is 2. The van der Waals surface area contributed by atoms with Crippen molar-refractivity contribution in [2.24, 2.45) is 7.05 Å². The predicted octanol–water partition coefficient (Wildman–Crippen LogP) is 2.74. The van der Waals surface area contributed by atoms with Gasteiger partial charge >= 0.3 is 0 Å². The first kappa shape index (κ1) is 15.3. The van der Waals surface area contributed by atoms with Crippen LogP contribution < -0.4 is 5.32 Å². The van der Waals surface area contributed by atoms with E-state index in [0.717, 1.165) is 43.3 Å². The van der Waals surface area contributed by atoms with E-state index in [9.17, 15) is 0 Å². The van der Waals surface area contributed by atoms with Crippen molar-refractivity contribution >= 4 is 11.6 Å². The quantitative estimate of drug-likeness (QED) is 0.932. The second-order valence-electron chi connectivity index (χ2n) is 6.57. The highest BCUT2D eigenvalue weighted by Gasteiger charge is 2.40. The van der Waals surface area contributed by atoms with Crippen LogP contribution in [0.1, 0.15) is 50.4 Å². The van der Waals surface area contributed by atoms with E-state index in [-0.39, 0.29) is 0 Å². The molecule has 1 N–H and O–H groups in total. The van der Waals surface area contributed by atoms with Crippen molar-refractivity contribution in [2.45, 2.75) is 57.5 Å². The van der Waals surface area contributed by atoms with Crippen LogP contribution in [0.2, 0.25) is 5.02 Å². The average Bonchev–Trinajstić information content (AvgIpc) is 2.78. The third-order valence-corrected chi connectivity index (χ3v) is 5.75. The fourth-order valence-corrected chi connectivity index (χ4v) is 4.36. The maximum atomic E-state index is 6.55. The summed E-state index contributed by atoms with van der Waals surface area (Å²) in [5, 5.41) is 9.06. The molecular weight excluding hydrogens is 284 g/mol. The Morgan fingerprint density at radius 2 is 2.05 bits per heavy atom. The molecule has 1 saturated heterocycles. The van der Waals surface area contributed by atoms with Gasteiger partial charge in [0.1, 0.15) is 0 Å². The van der Waals surface area contributed by atoms with E-state index in [1.165, 1.54) is 37.8 Å². The lowest BCUT2D eigenvalue weighted by atomic mass is 9.79. The Morgan fingerprint density at radius 1 is 1.29 bits per heavy atom. The number of nitrogens with one attached hydrogen (secondary N) is 1. The van der Waals surface area contributed by atoms with Gasteiger partial charge in [0.25, 0.3) is 0 Å². The van der Waals surface area contributed by atoms with Crippen LogP contribution in [0.15, 0.2) is 0 Å². The molecule has 1 aromatic heterocycles. The Balaban J connectivity index is 1.83. The molecule has 0 aromatic carbocycles. The van der Waals surface area contributed by atoms with Crippen molar-refractivity contribution in [3.8, 4) is 0 Å². The molecule has 1 aliphatic heterocycles. The van der Waals surface area contributed by atoms with E-state index in [1.807, 2.05) is 11.7 Å². The van der Waals surface area contributed by atoms with Gasteiger partial charge < -0.3 is 5.32 Å². The molecule has 0 amide bonds. The molecule has 0 atom stereocenters. The number of hydrogen-bond acceptors (Lipinski definition) is 3. The van der Waals surface area contributed by atoms with Gasteiger partial charge in [0, 0.05) is 38.8 Å². The first-order chi connectivity index (χ1) is 10.2. The molecule has 1 aromatic rings. The van der Waals surface area contributed by atoms with Crippen LogP contribution in [-0.4, -0.2) is 39.9 Å². The van der Waals surface area contributed by atoms with Crippen molar-refractivity contribution in [3.05, 3.63) is 16.4 Å². The largest absolute Gasteiger partial charge is 0.314 e. The van der Waals surface area contributed by atoms with Gasteiger partial charge in [0.05, 0.1) is 16.4 Å². The number of halogens is 1. The molecule has 0 bridgehead atoms. The summed E-state index contributed by atoms with van der Waals surface area (Å²) in [6.45, 7) is 6.37. The van der Waals surface area contributed by atoms with E-state index in [2.05, 4.69) is 22.2 Å². The number of hydrogen-bond donors (Lipinski definition) is 1. The van der Waals surface area contributed by atoms with Crippen molar-refractivity contribution in [1.29, 1.82) is 0 Å². The molecule has 118 valence electrons. The van der Waals surface area contributed by atoms with E-state index < -0.39 is 0 Å². The summed E-state index contributed by atoms with van der Waals surface area (Å²) in [5.74, 6) is 0. The lowest BCUT2D eigenvalue weighted by molar-refractivity contribution is 0.0191. The van der Waals surface area contributed by atoms with Crippen LogP contribution >= 0.6 is 11.6 Å². The molecule has 1 spiro atoms. The third kappa shape index (κ3) is 2.86. The summed E-state index contributed by atoms with van der Waals surface area (Å²) in [6, 6.07) is 0. The van der Waals surface area contributed by atoms with Crippen LogP contribution in [0.4, 0.5) is 0 Å². The third-order valence-electron chi connectivity index (χ3n) is 5.31. The maximum Gasteiger partial charge on any atom is 0.0863 e. The van der Waals surface area contributed by atoms with Crippen molar-refractivity contribution < 1.29 is 0 Å². The van der Waals surface area contributed by atoms with Gasteiger partial charge in [0.2, 0.25) is 0 Å². The average molecular weight is 311 g/mol. The summed E-state index contributed by atoms with van der Waals surface area (Å²) < 4.78 is 1.99. The number of rotatable bonds is 3. The van der Waals surface area contributed by atoms with Gasteiger partial charge in [-0.25, -0.2) is 0 Å². The number of piperazine rings is 1. The van der Waals surface area contributed by atoms with Crippen molar-refractivity contribution in [2.75, 3.05) is 19.6 Å². The highest BCUT2D eigenvalue weighted by atomic mass is 35.5. The van der Waals surface area contributed by atoms with E-state index in [1.54, 1.807) is 0 Å². The minimum atomic E-state index is 0.344. The SMILES string of the molecule is CCc1nn(C)c(CN2CCNCC23CCCCC3)c1Cl. The minimum Gasteiger partial charge on any atom is -0.314 e. The summed E-state index contributed by atoms with van der Waals surface area (Å²) in [4.78, 5) is 2.67. The van der Waals surface area contributed by atoms with Crippen LogP contribution in [0.25, 0.3) is 0 Å². The molecule has 21 heavy (non-hydrogen) atoms. The van der Waals surface area contributed by atoms with Crippen molar-refractivity contribution in [1.82, 2.24) is 20.0 Å². The summed E-state index contributed by atoms with van der Waals surface area (Å²) >= 11 is 6.55. The van der Waals surface area contributed by atoms with Gasteiger partial charge in [-0.15, -0.1) is 0 Å². The van der Waals surface area contributed by atoms with Crippen LogP contribution in [0, 0.1) is 0 Å². The molecule has 0 radical (unpaired) electrons. The van der Waals surface area contributed by atoms with Gasteiger partial charge in [-0.1, -0.05) is 37.8 Å². The fourth-order valence-electron chi connectivity index (χ4n) is 4.01. The van der Waals surface area contributed by atoms with Crippen LogP contribution in [0.3, 0.4) is 0 Å². The molecule has 1 aliphatic carbocycles. The van der Waals surface area contributed by atoms with Crippen LogP contribution in [0.5, 0.6) is 0 Å². The number of nitrogens with zero attached hydrogens (tertiary/aromatic N) is 3. The van der Waals surface area contributed by atoms with E-state index in [0.29, 0.717) is 5.54 Å². The fraction of sp³-hybridized carbons (Fsp3) is 0.812. The summed E-state index contributed by atoms with van der Waals surface area (Å²) in [7, 11) is 2.02. The van der Waals surface area contributed by atoms with E-state index >= 15 is 0 Å². The second kappa shape index (κ2) is 6.27. The smallest absolute Gasteiger partial charge is 0.0863 e. The Morgan fingerprint density at radius 3 is 2.71 bits per heavy atom. The maximum absolute atomic E-state index is 6.55.